The molecule has 1 aliphatic heterocycles. The van der Waals surface area contributed by atoms with Gasteiger partial charge in [0.2, 0.25) is 10.0 Å². The van der Waals surface area contributed by atoms with Crippen molar-refractivity contribution in [2.24, 2.45) is 0 Å². The van der Waals surface area contributed by atoms with Crippen molar-refractivity contribution in [2.45, 2.75) is 17.9 Å². The van der Waals surface area contributed by atoms with Gasteiger partial charge in [-0.15, -0.1) is 0 Å². The monoisotopic (exact) mass is 315 g/mol. The Morgan fingerprint density at radius 3 is 2.67 bits per heavy atom. The second-order valence-electron chi connectivity index (χ2n) is 4.47. The predicted molar refractivity (Wildman–Crippen MR) is 73.7 cm³/mol. The summed E-state index contributed by atoms with van der Waals surface area (Å²) in [5.74, 6) is -0.580. The van der Waals surface area contributed by atoms with Crippen molar-refractivity contribution in [3.05, 3.63) is 24.3 Å². The summed E-state index contributed by atoms with van der Waals surface area (Å²) in [7, 11) is -3.73. The Kier molecular flexibility index (Phi) is 4.81. The van der Waals surface area contributed by atoms with E-state index in [4.69, 9.17) is 14.6 Å². The minimum absolute atomic E-state index is 0.0627. The van der Waals surface area contributed by atoms with Gasteiger partial charge < -0.3 is 14.6 Å². The lowest BCUT2D eigenvalue weighted by atomic mass is 10.3. The molecule has 7 nitrogen and oxygen atoms in total. The molecule has 21 heavy (non-hydrogen) atoms. The van der Waals surface area contributed by atoms with E-state index in [1.807, 2.05) is 6.92 Å². The first-order chi connectivity index (χ1) is 9.95. The van der Waals surface area contributed by atoms with Crippen molar-refractivity contribution in [2.75, 3.05) is 26.3 Å². The number of carbonyl (C=O) groups is 1. The first kappa shape index (κ1) is 15.7. The summed E-state index contributed by atoms with van der Waals surface area (Å²) < 4.78 is 36.3. The Bertz CT molecular complexity index is 598. The number of carboxylic acid groups (broad SMARTS) is 1. The lowest BCUT2D eigenvalue weighted by Gasteiger charge is -2.30. The van der Waals surface area contributed by atoms with Gasteiger partial charge in [0, 0.05) is 6.54 Å². The Hall–Kier alpha value is -1.64. The number of ether oxygens (including phenoxy) is 2. The number of benzene rings is 1. The molecule has 0 aromatic heterocycles. The largest absolute Gasteiger partial charge is 0.494 e. The molecule has 1 heterocycles. The van der Waals surface area contributed by atoms with Crippen LogP contribution in [0.1, 0.15) is 6.92 Å². The van der Waals surface area contributed by atoms with Gasteiger partial charge in [0.1, 0.15) is 5.75 Å². The molecule has 1 N–H and O–H groups in total. The number of morpholine rings is 1. The number of sulfonamides is 1. The van der Waals surface area contributed by atoms with Crippen LogP contribution in [0.5, 0.6) is 5.75 Å². The molecule has 0 spiro atoms. The molecule has 1 aromatic rings. The van der Waals surface area contributed by atoms with Gasteiger partial charge in [0.15, 0.2) is 6.10 Å². The Morgan fingerprint density at radius 1 is 1.43 bits per heavy atom. The van der Waals surface area contributed by atoms with Crippen LogP contribution in [0, 0.1) is 0 Å². The molecular formula is C13H17NO6S. The first-order valence-corrected chi connectivity index (χ1v) is 7.96. The lowest BCUT2D eigenvalue weighted by molar-refractivity contribution is -0.153. The van der Waals surface area contributed by atoms with Gasteiger partial charge in [-0.25, -0.2) is 13.2 Å². The van der Waals surface area contributed by atoms with E-state index in [1.54, 1.807) is 12.1 Å². The standard InChI is InChI=1S/C13H17NO6S/c1-2-19-10-3-5-11(6-4-10)21(17,18)14-7-8-20-12(9-14)13(15)16/h3-6,12H,2,7-9H2,1H3,(H,15,16). The summed E-state index contributed by atoms with van der Waals surface area (Å²) in [6.45, 7) is 2.34. The SMILES string of the molecule is CCOc1ccc(S(=O)(=O)N2CCOC(C(=O)O)C2)cc1. The van der Waals surface area contributed by atoms with Gasteiger partial charge in [-0.2, -0.15) is 4.31 Å². The number of hydrogen-bond donors (Lipinski definition) is 1. The summed E-state index contributed by atoms with van der Waals surface area (Å²) >= 11 is 0. The summed E-state index contributed by atoms with van der Waals surface area (Å²) in [5, 5.41) is 8.92. The zero-order valence-electron chi connectivity index (χ0n) is 11.6. The maximum absolute atomic E-state index is 12.5. The molecular weight excluding hydrogens is 298 g/mol. The molecule has 116 valence electrons. The fraction of sp³-hybridized carbons (Fsp3) is 0.462. The second kappa shape index (κ2) is 6.42. The maximum atomic E-state index is 12.5. The number of aliphatic carboxylic acids is 1. The van der Waals surface area contributed by atoms with Crippen LogP contribution in [0.2, 0.25) is 0 Å². The normalized spacial score (nSPS) is 20.1. The van der Waals surface area contributed by atoms with Gasteiger partial charge in [-0.3, -0.25) is 0 Å². The molecule has 1 fully saturated rings. The van der Waals surface area contributed by atoms with Gasteiger partial charge in [-0.1, -0.05) is 0 Å². The highest BCUT2D eigenvalue weighted by molar-refractivity contribution is 7.89. The Morgan fingerprint density at radius 2 is 2.10 bits per heavy atom. The number of hydrogen-bond acceptors (Lipinski definition) is 5. The Balaban J connectivity index is 2.18. The maximum Gasteiger partial charge on any atom is 0.334 e. The average Bonchev–Trinajstić information content (AvgIpc) is 2.48. The van der Waals surface area contributed by atoms with E-state index in [1.165, 1.54) is 12.1 Å². The average molecular weight is 315 g/mol. The van der Waals surface area contributed by atoms with Crippen molar-refractivity contribution in [1.29, 1.82) is 0 Å². The molecule has 8 heteroatoms. The third kappa shape index (κ3) is 3.52. The Labute approximate surface area is 123 Å². The van der Waals surface area contributed by atoms with Crippen LogP contribution in [0.3, 0.4) is 0 Å². The van der Waals surface area contributed by atoms with E-state index < -0.39 is 22.1 Å². The number of rotatable bonds is 5. The predicted octanol–water partition coefficient (Wildman–Crippen LogP) is 0.559. The molecule has 0 bridgehead atoms. The molecule has 1 aromatic carbocycles. The number of carboxylic acids is 1. The topological polar surface area (TPSA) is 93.1 Å². The van der Waals surface area contributed by atoms with E-state index in [0.717, 1.165) is 4.31 Å². The van der Waals surface area contributed by atoms with Crippen LogP contribution >= 0.6 is 0 Å². The number of nitrogens with zero attached hydrogens (tertiary/aromatic N) is 1. The summed E-state index contributed by atoms with van der Waals surface area (Å²) in [4.78, 5) is 11.0. The van der Waals surface area contributed by atoms with E-state index in [-0.39, 0.29) is 24.6 Å². The summed E-state index contributed by atoms with van der Waals surface area (Å²) in [6, 6.07) is 6.05. The van der Waals surface area contributed by atoms with Crippen molar-refractivity contribution < 1.29 is 27.8 Å². The molecule has 0 saturated carbocycles. The van der Waals surface area contributed by atoms with Crippen LogP contribution in [0.15, 0.2) is 29.2 Å². The van der Waals surface area contributed by atoms with E-state index >= 15 is 0 Å². The fourth-order valence-electron chi connectivity index (χ4n) is 2.02. The minimum atomic E-state index is -3.73. The molecule has 1 saturated heterocycles. The van der Waals surface area contributed by atoms with E-state index in [0.29, 0.717) is 12.4 Å². The molecule has 0 aliphatic carbocycles. The molecule has 0 radical (unpaired) electrons. The molecule has 2 rings (SSSR count). The van der Waals surface area contributed by atoms with Crippen molar-refractivity contribution >= 4 is 16.0 Å². The molecule has 1 unspecified atom stereocenters. The zero-order chi connectivity index (χ0) is 15.5. The van der Waals surface area contributed by atoms with Gasteiger partial charge in [-0.05, 0) is 31.2 Å². The summed E-state index contributed by atoms with van der Waals surface area (Å²) in [5.41, 5.74) is 0. The smallest absolute Gasteiger partial charge is 0.334 e. The lowest BCUT2D eigenvalue weighted by Crippen LogP contribution is -2.48. The second-order valence-corrected chi connectivity index (χ2v) is 6.40. The zero-order valence-corrected chi connectivity index (χ0v) is 12.4. The van der Waals surface area contributed by atoms with E-state index in [9.17, 15) is 13.2 Å². The highest BCUT2D eigenvalue weighted by atomic mass is 32.2. The van der Waals surface area contributed by atoms with Gasteiger partial charge in [0.05, 0.1) is 24.7 Å². The van der Waals surface area contributed by atoms with Gasteiger partial charge >= 0.3 is 5.97 Å². The van der Waals surface area contributed by atoms with Crippen LogP contribution in [0.4, 0.5) is 0 Å². The molecule has 1 atom stereocenters. The van der Waals surface area contributed by atoms with E-state index in [2.05, 4.69) is 0 Å². The van der Waals surface area contributed by atoms with Crippen molar-refractivity contribution in [3.63, 3.8) is 0 Å². The molecule has 1 aliphatic rings. The molecule has 0 amide bonds. The first-order valence-electron chi connectivity index (χ1n) is 6.52. The third-order valence-corrected chi connectivity index (χ3v) is 4.96. The van der Waals surface area contributed by atoms with Crippen molar-refractivity contribution in [3.8, 4) is 5.75 Å². The summed E-state index contributed by atoms with van der Waals surface area (Å²) in [6.07, 6.45) is -1.13. The third-order valence-electron chi connectivity index (χ3n) is 3.08. The van der Waals surface area contributed by atoms with Crippen LogP contribution in [0.25, 0.3) is 0 Å². The highest BCUT2D eigenvalue weighted by Crippen LogP contribution is 2.21. The van der Waals surface area contributed by atoms with Crippen molar-refractivity contribution in [1.82, 2.24) is 4.31 Å². The minimum Gasteiger partial charge on any atom is -0.494 e. The van der Waals surface area contributed by atoms with Crippen LogP contribution in [-0.2, 0) is 19.6 Å². The quantitative estimate of drug-likeness (QED) is 0.853. The highest BCUT2D eigenvalue weighted by Gasteiger charge is 2.33. The fourth-order valence-corrected chi connectivity index (χ4v) is 3.44. The van der Waals surface area contributed by atoms with Crippen LogP contribution < -0.4 is 4.74 Å². The van der Waals surface area contributed by atoms with Gasteiger partial charge in [0.25, 0.3) is 0 Å². The van der Waals surface area contributed by atoms with Crippen LogP contribution in [-0.4, -0.2) is 56.2 Å².